The molecule has 0 saturated heterocycles. The minimum absolute atomic E-state index is 0.306. The summed E-state index contributed by atoms with van der Waals surface area (Å²) >= 11 is 10.8. The van der Waals surface area contributed by atoms with Crippen LogP contribution in [-0.4, -0.2) is 26.2 Å². The Bertz CT molecular complexity index is 1330. The highest BCUT2D eigenvalue weighted by atomic mass is 79.9. The third-order valence-corrected chi connectivity index (χ3v) is 7.18. The Morgan fingerprint density at radius 2 is 1.80 bits per heavy atom. The summed E-state index contributed by atoms with van der Waals surface area (Å²) in [6.45, 7) is 3.88. The van der Waals surface area contributed by atoms with Gasteiger partial charge in [0.25, 0.3) is 0 Å². The van der Waals surface area contributed by atoms with Crippen LogP contribution in [0.15, 0.2) is 76.4 Å². The molecule has 0 radical (unpaired) electrons. The Hall–Kier alpha value is -2.88. The second kappa shape index (κ2) is 11.2. The number of hydrogen-bond donors (Lipinski definition) is 0. The first-order valence-corrected chi connectivity index (χ1v) is 12.8. The van der Waals surface area contributed by atoms with Gasteiger partial charge in [0.15, 0.2) is 5.16 Å². The Labute approximate surface area is 220 Å². The van der Waals surface area contributed by atoms with Crippen LogP contribution in [0, 0.1) is 24.0 Å². The molecule has 1 atom stereocenters. The normalized spacial score (nSPS) is 11.9. The lowest BCUT2D eigenvalue weighted by Gasteiger charge is -2.18. The fraction of sp³-hybridized carbons (Fsp3) is 0.200. The van der Waals surface area contributed by atoms with E-state index in [0.717, 1.165) is 21.3 Å². The van der Waals surface area contributed by atoms with E-state index in [9.17, 15) is 10.1 Å². The zero-order chi connectivity index (χ0) is 24.9. The average Bonchev–Trinajstić information content (AvgIpc) is 3.19. The van der Waals surface area contributed by atoms with Crippen molar-refractivity contribution >= 4 is 39.3 Å². The fourth-order valence-electron chi connectivity index (χ4n) is 3.52. The molecule has 4 aromatic rings. The molecule has 0 unspecified atom stereocenters. The number of ether oxygens (including phenoxy) is 1. The zero-order valence-corrected chi connectivity index (χ0v) is 22.2. The van der Waals surface area contributed by atoms with Crippen molar-refractivity contribution in [2.24, 2.45) is 0 Å². The molecule has 0 aliphatic heterocycles. The van der Waals surface area contributed by atoms with Gasteiger partial charge in [0, 0.05) is 25.7 Å². The molecule has 0 spiro atoms. The van der Waals surface area contributed by atoms with E-state index in [4.69, 9.17) is 16.3 Å². The van der Waals surface area contributed by atoms with Crippen LogP contribution in [0.4, 0.5) is 0 Å². The van der Waals surface area contributed by atoms with Crippen molar-refractivity contribution < 1.29 is 9.66 Å². The lowest BCUT2D eigenvalue weighted by atomic mass is 10.1. The van der Waals surface area contributed by atoms with Crippen molar-refractivity contribution in [3.8, 4) is 11.4 Å². The largest absolute Gasteiger partial charge is 0.489 e. The molecule has 3 aromatic carbocycles. The van der Waals surface area contributed by atoms with Gasteiger partial charge in [-0.25, -0.2) is 0 Å². The van der Waals surface area contributed by atoms with E-state index in [0.29, 0.717) is 33.9 Å². The summed E-state index contributed by atoms with van der Waals surface area (Å²) in [6.07, 6.45) is 0. The second-order valence-corrected chi connectivity index (χ2v) is 10.4. The summed E-state index contributed by atoms with van der Waals surface area (Å²) in [5.41, 5.74) is 3.67. The third-order valence-electron chi connectivity index (χ3n) is 5.28. The van der Waals surface area contributed by atoms with Crippen molar-refractivity contribution in [3.05, 3.63) is 109 Å². The number of aromatic nitrogens is 3. The van der Waals surface area contributed by atoms with Crippen LogP contribution in [0.1, 0.15) is 27.8 Å². The van der Waals surface area contributed by atoms with Crippen LogP contribution in [0.3, 0.4) is 0 Å². The molecule has 0 fully saturated rings. The minimum Gasteiger partial charge on any atom is -0.489 e. The van der Waals surface area contributed by atoms with Gasteiger partial charge < -0.3 is 4.74 Å². The number of aryl methyl sites for hydroxylation is 2. The number of benzene rings is 3. The van der Waals surface area contributed by atoms with Gasteiger partial charge in [-0.1, -0.05) is 69.1 Å². The molecule has 180 valence electrons. The van der Waals surface area contributed by atoms with E-state index in [2.05, 4.69) is 26.1 Å². The predicted octanol–water partition coefficient (Wildman–Crippen LogP) is 6.99. The quantitative estimate of drug-likeness (QED) is 0.122. The summed E-state index contributed by atoms with van der Waals surface area (Å²) in [7, 11) is 0. The van der Waals surface area contributed by atoms with Gasteiger partial charge in [-0.2, -0.15) is 0 Å². The maximum Gasteiger partial charge on any atom is 0.220 e. The van der Waals surface area contributed by atoms with Crippen LogP contribution in [0.2, 0.25) is 5.02 Å². The van der Waals surface area contributed by atoms with E-state index in [-0.39, 0.29) is 11.5 Å². The van der Waals surface area contributed by atoms with Gasteiger partial charge in [-0.05, 0) is 61.9 Å². The van der Waals surface area contributed by atoms with E-state index in [1.165, 1.54) is 11.8 Å². The van der Waals surface area contributed by atoms with Gasteiger partial charge in [-0.3, -0.25) is 14.7 Å². The highest BCUT2D eigenvalue weighted by Crippen LogP contribution is 2.41. The fourth-order valence-corrected chi connectivity index (χ4v) is 5.21. The Morgan fingerprint density at radius 3 is 2.49 bits per heavy atom. The Kier molecular flexibility index (Phi) is 8.10. The summed E-state index contributed by atoms with van der Waals surface area (Å²) < 4.78 is 8.82. The maximum atomic E-state index is 11.7. The van der Waals surface area contributed by atoms with Crippen LogP contribution in [-0.2, 0) is 6.61 Å². The summed E-state index contributed by atoms with van der Waals surface area (Å²) in [5.74, 6) is 1.27. The summed E-state index contributed by atoms with van der Waals surface area (Å²) in [6, 6.07) is 20.9. The highest BCUT2D eigenvalue weighted by molar-refractivity contribution is 9.10. The van der Waals surface area contributed by atoms with E-state index in [1.807, 2.05) is 73.0 Å². The minimum atomic E-state index is -0.560. The Balaban J connectivity index is 1.67. The standard InChI is InChI=1S/C25H22BrClN4O3S/c1-16-3-10-21(11-4-16)31-17(2)28-29-25(31)35-24(14-30(32)33)22-13-19(26)7-12-23(22)34-15-18-5-8-20(27)9-6-18/h3-13,24H,14-15H2,1-2H3/t24-/m0/s1. The molecule has 0 saturated carbocycles. The van der Waals surface area contributed by atoms with Crippen molar-refractivity contribution in [3.63, 3.8) is 0 Å². The van der Waals surface area contributed by atoms with Gasteiger partial charge in [0.05, 0.1) is 0 Å². The lowest BCUT2D eigenvalue weighted by molar-refractivity contribution is -0.479. The van der Waals surface area contributed by atoms with E-state index in [1.54, 1.807) is 12.1 Å². The molecule has 1 heterocycles. The number of nitro groups is 1. The van der Waals surface area contributed by atoms with Crippen LogP contribution >= 0.6 is 39.3 Å². The van der Waals surface area contributed by atoms with Gasteiger partial charge in [0.2, 0.25) is 6.54 Å². The molecule has 4 rings (SSSR count). The molecule has 0 amide bonds. The molecule has 0 aliphatic rings. The molecular weight excluding hydrogens is 552 g/mol. The third kappa shape index (κ3) is 6.42. The van der Waals surface area contributed by atoms with E-state index < -0.39 is 5.25 Å². The summed E-state index contributed by atoms with van der Waals surface area (Å²) in [4.78, 5) is 11.3. The smallest absolute Gasteiger partial charge is 0.220 e. The van der Waals surface area contributed by atoms with Gasteiger partial charge in [-0.15, -0.1) is 10.2 Å². The predicted molar refractivity (Wildman–Crippen MR) is 141 cm³/mol. The maximum absolute atomic E-state index is 11.7. The molecule has 0 N–H and O–H groups in total. The highest BCUT2D eigenvalue weighted by Gasteiger charge is 2.27. The molecule has 7 nitrogen and oxygen atoms in total. The Morgan fingerprint density at radius 1 is 1.09 bits per heavy atom. The first-order chi connectivity index (χ1) is 16.8. The molecular formula is C25H22BrClN4O3S. The lowest BCUT2D eigenvalue weighted by Crippen LogP contribution is -2.12. The number of hydrogen-bond acceptors (Lipinski definition) is 6. The van der Waals surface area contributed by atoms with Gasteiger partial charge in [0.1, 0.15) is 23.4 Å². The molecule has 0 aliphatic carbocycles. The number of halogens is 2. The summed E-state index contributed by atoms with van der Waals surface area (Å²) in [5, 5.41) is 20.9. The van der Waals surface area contributed by atoms with Crippen LogP contribution in [0.25, 0.3) is 5.69 Å². The topological polar surface area (TPSA) is 83.1 Å². The number of nitrogens with zero attached hydrogens (tertiary/aromatic N) is 4. The zero-order valence-electron chi connectivity index (χ0n) is 19.0. The van der Waals surface area contributed by atoms with Crippen molar-refractivity contribution in [1.82, 2.24) is 14.8 Å². The molecule has 0 bridgehead atoms. The molecule has 1 aromatic heterocycles. The second-order valence-electron chi connectivity index (χ2n) is 7.92. The first-order valence-electron chi connectivity index (χ1n) is 10.7. The van der Waals surface area contributed by atoms with Crippen molar-refractivity contribution in [2.75, 3.05) is 6.54 Å². The van der Waals surface area contributed by atoms with Crippen molar-refractivity contribution in [1.29, 1.82) is 0 Å². The number of rotatable bonds is 9. The number of thioether (sulfide) groups is 1. The van der Waals surface area contributed by atoms with Crippen LogP contribution in [0.5, 0.6) is 5.75 Å². The average molecular weight is 574 g/mol. The molecule has 35 heavy (non-hydrogen) atoms. The van der Waals surface area contributed by atoms with E-state index >= 15 is 0 Å². The van der Waals surface area contributed by atoms with Gasteiger partial charge >= 0.3 is 0 Å². The van der Waals surface area contributed by atoms with Crippen LogP contribution < -0.4 is 4.74 Å². The monoisotopic (exact) mass is 572 g/mol. The SMILES string of the molecule is Cc1ccc(-n2c(C)nnc2S[C@@H](C[N+](=O)[O-])c2cc(Br)ccc2OCc2ccc(Cl)cc2)cc1. The van der Waals surface area contributed by atoms with Crippen molar-refractivity contribution in [2.45, 2.75) is 30.9 Å². The molecule has 10 heteroatoms. The first kappa shape index (κ1) is 25.2.